The number of nitro groups is 1. The van der Waals surface area contributed by atoms with Crippen LogP contribution in [-0.4, -0.2) is 36.4 Å². The molecule has 1 fully saturated rings. The molecule has 0 spiro atoms. The molecule has 1 heterocycles. The van der Waals surface area contributed by atoms with Crippen molar-refractivity contribution in [3.63, 3.8) is 0 Å². The third kappa shape index (κ3) is 5.56. The number of aryl methyl sites for hydroxylation is 2. The quantitative estimate of drug-likeness (QED) is 0.316. The summed E-state index contributed by atoms with van der Waals surface area (Å²) in [5.41, 5.74) is 3.27. The highest BCUT2D eigenvalue weighted by Crippen LogP contribution is 2.22. The Morgan fingerprint density at radius 3 is 2.40 bits per heavy atom. The van der Waals surface area contributed by atoms with Gasteiger partial charge in [0.1, 0.15) is 0 Å². The van der Waals surface area contributed by atoms with E-state index in [1.54, 1.807) is 6.92 Å². The summed E-state index contributed by atoms with van der Waals surface area (Å²) in [4.78, 5) is 36.7. The van der Waals surface area contributed by atoms with Crippen LogP contribution in [0.4, 0.5) is 17.1 Å². The van der Waals surface area contributed by atoms with Gasteiger partial charge in [-0.25, -0.2) is 0 Å². The number of nitrogens with one attached hydrogen (secondary N) is 2. The summed E-state index contributed by atoms with van der Waals surface area (Å²) in [6, 6.07) is 12.6. The predicted molar refractivity (Wildman–Crippen MR) is 116 cm³/mol. The Kier molecular flexibility index (Phi) is 7.00. The van der Waals surface area contributed by atoms with Crippen molar-refractivity contribution in [1.29, 1.82) is 0 Å². The van der Waals surface area contributed by atoms with Crippen LogP contribution in [0.5, 0.6) is 0 Å². The van der Waals surface area contributed by atoms with Crippen molar-refractivity contribution in [1.82, 2.24) is 5.32 Å². The summed E-state index contributed by atoms with van der Waals surface area (Å²) in [6.07, 6.45) is 4.03. The van der Waals surface area contributed by atoms with Crippen molar-refractivity contribution >= 4 is 28.9 Å². The Morgan fingerprint density at radius 2 is 1.77 bits per heavy atom. The van der Waals surface area contributed by atoms with Gasteiger partial charge in [-0.1, -0.05) is 12.1 Å². The van der Waals surface area contributed by atoms with Gasteiger partial charge in [0.2, 0.25) is 0 Å². The number of rotatable bonds is 7. The largest absolute Gasteiger partial charge is 0.372 e. The van der Waals surface area contributed by atoms with E-state index in [1.807, 2.05) is 0 Å². The number of non-ortho nitro benzene ring substituents is 1. The fourth-order valence-electron chi connectivity index (χ4n) is 3.50. The van der Waals surface area contributed by atoms with Gasteiger partial charge in [-0.15, -0.1) is 0 Å². The van der Waals surface area contributed by atoms with Gasteiger partial charge in [-0.2, -0.15) is 0 Å². The van der Waals surface area contributed by atoms with Crippen molar-refractivity contribution < 1.29 is 14.5 Å². The molecular formula is C22H26N4O4. The van der Waals surface area contributed by atoms with E-state index in [0.29, 0.717) is 17.8 Å². The molecule has 30 heavy (non-hydrogen) atoms. The molecule has 2 aromatic rings. The number of nitro benzene ring substituents is 1. The molecule has 8 nitrogen and oxygen atoms in total. The molecule has 3 rings (SSSR count). The Morgan fingerprint density at radius 1 is 1.07 bits per heavy atom. The van der Waals surface area contributed by atoms with Crippen LogP contribution < -0.4 is 15.5 Å². The minimum absolute atomic E-state index is 0.0663. The van der Waals surface area contributed by atoms with Gasteiger partial charge < -0.3 is 15.5 Å². The number of hydrogen-bond donors (Lipinski definition) is 2. The normalized spacial score (nSPS) is 13.2. The number of carbonyl (C=O) groups excluding carboxylic acids is 2. The first-order chi connectivity index (χ1) is 14.4. The predicted octanol–water partition coefficient (Wildman–Crippen LogP) is 3.19. The van der Waals surface area contributed by atoms with E-state index in [-0.39, 0.29) is 5.69 Å². The molecule has 2 amide bonds. The second-order valence-electron chi connectivity index (χ2n) is 7.43. The van der Waals surface area contributed by atoms with E-state index in [1.165, 1.54) is 42.3 Å². The van der Waals surface area contributed by atoms with Crippen LogP contribution in [0.15, 0.2) is 42.5 Å². The van der Waals surface area contributed by atoms with Crippen molar-refractivity contribution in [2.75, 3.05) is 29.9 Å². The van der Waals surface area contributed by atoms with Gasteiger partial charge in [0, 0.05) is 43.1 Å². The van der Waals surface area contributed by atoms with Crippen LogP contribution >= 0.6 is 0 Å². The standard InChI is InChI=1S/C22H26N4O4/c1-16-15-19(26(29)30)10-11-20(16)24-22(28)21(27)23-12-4-5-17-6-8-18(9-7-17)25-13-2-3-14-25/h6-11,15H,2-5,12-14H2,1H3,(H,23,27)(H,24,28). The highest BCUT2D eigenvalue weighted by Gasteiger charge is 2.16. The maximum atomic E-state index is 12.0. The van der Waals surface area contributed by atoms with E-state index >= 15 is 0 Å². The highest BCUT2D eigenvalue weighted by atomic mass is 16.6. The van der Waals surface area contributed by atoms with E-state index in [2.05, 4.69) is 39.8 Å². The molecule has 1 aliphatic rings. The summed E-state index contributed by atoms with van der Waals surface area (Å²) < 4.78 is 0. The maximum absolute atomic E-state index is 12.0. The lowest BCUT2D eigenvalue weighted by atomic mass is 10.1. The first-order valence-corrected chi connectivity index (χ1v) is 10.1. The Labute approximate surface area is 175 Å². The van der Waals surface area contributed by atoms with Crippen molar-refractivity contribution in [2.45, 2.75) is 32.6 Å². The molecular weight excluding hydrogens is 384 g/mol. The first kappa shape index (κ1) is 21.3. The molecule has 1 aliphatic heterocycles. The van der Waals surface area contributed by atoms with Gasteiger partial charge in [-0.3, -0.25) is 19.7 Å². The fraction of sp³-hybridized carbons (Fsp3) is 0.364. The molecule has 2 N–H and O–H groups in total. The Bertz CT molecular complexity index is 921. The molecule has 0 atom stereocenters. The molecule has 2 aromatic carbocycles. The number of benzene rings is 2. The van der Waals surface area contributed by atoms with Crippen LogP contribution in [0.3, 0.4) is 0 Å². The third-order valence-electron chi connectivity index (χ3n) is 5.21. The number of amides is 2. The fourth-order valence-corrected chi connectivity index (χ4v) is 3.50. The molecule has 1 saturated heterocycles. The summed E-state index contributed by atoms with van der Waals surface area (Å²) in [6.45, 7) is 4.26. The summed E-state index contributed by atoms with van der Waals surface area (Å²) >= 11 is 0. The van der Waals surface area contributed by atoms with Gasteiger partial charge in [0.15, 0.2) is 0 Å². The second kappa shape index (κ2) is 9.87. The van der Waals surface area contributed by atoms with Crippen LogP contribution in [0.2, 0.25) is 0 Å². The van der Waals surface area contributed by atoms with Gasteiger partial charge in [-0.05, 0) is 61.9 Å². The molecule has 158 valence electrons. The van der Waals surface area contributed by atoms with Crippen LogP contribution in [0, 0.1) is 17.0 Å². The lowest BCUT2D eigenvalue weighted by molar-refractivity contribution is -0.384. The average Bonchev–Trinajstić information content (AvgIpc) is 3.27. The summed E-state index contributed by atoms with van der Waals surface area (Å²) in [5, 5.41) is 15.9. The third-order valence-corrected chi connectivity index (χ3v) is 5.21. The minimum atomic E-state index is -0.790. The topological polar surface area (TPSA) is 105 Å². The second-order valence-corrected chi connectivity index (χ2v) is 7.43. The highest BCUT2D eigenvalue weighted by molar-refractivity contribution is 6.39. The zero-order valence-electron chi connectivity index (χ0n) is 17.0. The van der Waals surface area contributed by atoms with Crippen LogP contribution in [0.25, 0.3) is 0 Å². The summed E-state index contributed by atoms with van der Waals surface area (Å²) in [5.74, 6) is -1.51. The van der Waals surface area contributed by atoms with Crippen molar-refractivity contribution in [2.24, 2.45) is 0 Å². The minimum Gasteiger partial charge on any atom is -0.372 e. The lowest BCUT2D eigenvalue weighted by Gasteiger charge is -2.17. The molecule has 0 unspecified atom stereocenters. The number of hydrogen-bond acceptors (Lipinski definition) is 5. The van der Waals surface area contributed by atoms with E-state index < -0.39 is 16.7 Å². The van der Waals surface area contributed by atoms with E-state index in [9.17, 15) is 19.7 Å². The van der Waals surface area contributed by atoms with E-state index in [0.717, 1.165) is 25.9 Å². The number of carbonyl (C=O) groups is 2. The molecule has 8 heteroatoms. The zero-order chi connectivity index (χ0) is 21.5. The van der Waals surface area contributed by atoms with Crippen LogP contribution in [-0.2, 0) is 16.0 Å². The van der Waals surface area contributed by atoms with E-state index in [4.69, 9.17) is 0 Å². The monoisotopic (exact) mass is 410 g/mol. The Balaban J connectivity index is 1.41. The first-order valence-electron chi connectivity index (χ1n) is 10.1. The SMILES string of the molecule is Cc1cc([N+](=O)[O-])ccc1NC(=O)C(=O)NCCCc1ccc(N2CCCC2)cc1. The number of nitrogens with zero attached hydrogens (tertiary/aromatic N) is 2. The molecule has 0 bridgehead atoms. The molecule has 0 aromatic heterocycles. The van der Waals surface area contributed by atoms with Gasteiger partial charge in [0.05, 0.1) is 4.92 Å². The summed E-state index contributed by atoms with van der Waals surface area (Å²) in [7, 11) is 0. The Hall–Kier alpha value is -3.42. The average molecular weight is 410 g/mol. The van der Waals surface area contributed by atoms with Crippen molar-refractivity contribution in [3.05, 3.63) is 63.7 Å². The van der Waals surface area contributed by atoms with Crippen LogP contribution in [0.1, 0.15) is 30.4 Å². The smallest absolute Gasteiger partial charge is 0.313 e. The zero-order valence-corrected chi connectivity index (χ0v) is 17.0. The molecule has 0 saturated carbocycles. The van der Waals surface area contributed by atoms with Gasteiger partial charge in [0.25, 0.3) is 5.69 Å². The number of anilines is 2. The maximum Gasteiger partial charge on any atom is 0.313 e. The van der Waals surface area contributed by atoms with Crippen molar-refractivity contribution in [3.8, 4) is 0 Å². The van der Waals surface area contributed by atoms with Gasteiger partial charge >= 0.3 is 11.8 Å². The lowest BCUT2D eigenvalue weighted by Crippen LogP contribution is -2.36. The molecule has 0 radical (unpaired) electrons. The molecule has 0 aliphatic carbocycles.